The molecule has 0 fully saturated rings. The molecule has 0 saturated heterocycles. The quantitative estimate of drug-likeness (QED) is 0.731. The predicted molar refractivity (Wildman–Crippen MR) is 63.4 cm³/mol. The molecule has 2 rings (SSSR count). The second kappa shape index (κ2) is 4.35. The highest BCUT2D eigenvalue weighted by Gasteiger charge is 2.10. The first-order valence-corrected chi connectivity index (χ1v) is 5.33. The van der Waals surface area contributed by atoms with Gasteiger partial charge in [-0.15, -0.1) is 0 Å². The molecule has 16 heavy (non-hydrogen) atoms. The third-order valence-electron chi connectivity index (χ3n) is 2.62. The van der Waals surface area contributed by atoms with E-state index in [1.165, 1.54) is 5.56 Å². The molecule has 2 nitrogen and oxygen atoms in total. The van der Waals surface area contributed by atoms with E-state index in [4.69, 9.17) is 4.42 Å². The number of carbonyl (C=O) groups is 1. The molecule has 1 heterocycles. The molecule has 1 aromatic heterocycles. The van der Waals surface area contributed by atoms with Crippen molar-refractivity contribution in [2.24, 2.45) is 0 Å². The van der Waals surface area contributed by atoms with Crippen LogP contribution in [-0.4, -0.2) is 6.29 Å². The monoisotopic (exact) mass is 214 g/mol. The fourth-order valence-corrected chi connectivity index (χ4v) is 1.54. The van der Waals surface area contributed by atoms with E-state index < -0.39 is 0 Å². The lowest BCUT2D eigenvalue weighted by molar-refractivity contribution is -0.109. The van der Waals surface area contributed by atoms with Gasteiger partial charge in [0.25, 0.3) is 0 Å². The van der Waals surface area contributed by atoms with Crippen molar-refractivity contribution in [3.63, 3.8) is 0 Å². The Morgan fingerprint density at radius 3 is 2.44 bits per heavy atom. The van der Waals surface area contributed by atoms with Crippen molar-refractivity contribution in [2.45, 2.75) is 19.8 Å². The highest BCUT2D eigenvalue weighted by atomic mass is 16.3. The molecule has 0 amide bonds. The maximum Gasteiger partial charge on any atom is 0.134 e. The second-order valence-electron chi connectivity index (χ2n) is 3.99. The zero-order valence-electron chi connectivity index (χ0n) is 9.44. The summed E-state index contributed by atoms with van der Waals surface area (Å²) >= 11 is 0. The molecule has 1 atom stereocenters. The topological polar surface area (TPSA) is 30.2 Å². The van der Waals surface area contributed by atoms with Crippen LogP contribution in [0.4, 0.5) is 0 Å². The van der Waals surface area contributed by atoms with Gasteiger partial charge in [-0.1, -0.05) is 29.8 Å². The normalized spacial score (nSPS) is 12.4. The van der Waals surface area contributed by atoms with Crippen molar-refractivity contribution in [2.75, 3.05) is 0 Å². The molecular formula is C14H14O2. The minimum Gasteiger partial charge on any atom is -0.460 e. The predicted octanol–water partition coefficient (Wildman–Crippen LogP) is 3.56. The van der Waals surface area contributed by atoms with Crippen LogP contribution in [0.15, 0.2) is 40.8 Å². The van der Waals surface area contributed by atoms with E-state index in [2.05, 4.69) is 0 Å². The summed E-state index contributed by atoms with van der Waals surface area (Å²) < 4.78 is 5.63. The van der Waals surface area contributed by atoms with Crippen LogP contribution in [0, 0.1) is 6.92 Å². The molecule has 0 radical (unpaired) electrons. The number of hydrogen-bond acceptors (Lipinski definition) is 2. The Kier molecular flexibility index (Phi) is 2.91. The summed E-state index contributed by atoms with van der Waals surface area (Å²) in [6.45, 7) is 3.87. The number of benzene rings is 1. The van der Waals surface area contributed by atoms with Crippen LogP contribution in [0.2, 0.25) is 0 Å². The fraction of sp³-hybridized carbons (Fsp3) is 0.214. The van der Waals surface area contributed by atoms with Gasteiger partial charge in [0, 0.05) is 5.56 Å². The Morgan fingerprint density at radius 1 is 1.12 bits per heavy atom. The molecule has 2 heteroatoms. The van der Waals surface area contributed by atoms with Crippen molar-refractivity contribution >= 4 is 6.29 Å². The molecule has 0 aliphatic rings. The Bertz CT molecular complexity index is 480. The molecule has 82 valence electrons. The van der Waals surface area contributed by atoms with Crippen molar-refractivity contribution in [1.82, 2.24) is 0 Å². The van der Waals surface area contributed by atoms with Gasteiger partial charge in [-0.3, -0.25) is 0 Å². The van der Waals surface area contributed by atoms with Gasteiger partial charge in [-0.05, 0) is 26.0 Å². The maximum absolute atomic E-state index is 10.6. The van der Waals surface area contributed by atoms with Gasteiger partial charge >= 0.3 is 0 Å². The number of carbonyl (C=O) groups excluding carboxylic acids is 1. The summed E-state index contributed by atoms with van der Waals surface area (Å²) in [7, 11) is 0. The van der Waals surface area contributed by atoms with E-state index in [-0.39, 0.29) is 5.92 Å². The second-order valence-corrected chi connectivity index (χ2v) is 3.99. The zero-order valence-corrected chi connectivity index (χ0v) is 9.44. The third kappa shape index (κ3) is 2.06. The van der Waals surface area contributed by atoms with Crippen molar-refractivity contribution in [3.05, 3.63) is 47.7 Å². The van der Waals surface area contributed by atoms with Crippen LogP contribution < -0.4 is 0 Å². The minimum atomic E-state index is -0.181. The van der Waals surface area contributed by atoms with Crippen LogP contribution in [0.3, 0.4) is 0 Å². The zero-order chi connectivity index (χ0) is 11.5. The smallest absolute Gasteiger partial charge is 0.134 e. The minimum absolute atomic E-state index is 0.181. The van der Waals surface area contributed by atoms with Crippen LogP contribution in [0.5, 0.6) is 0 Å². The van der Waals surface area contributed by atoms with E-state index in [0.717, 1.165) is 17.6 Å². The van der Waals surface area contributed by atoms with Crippen molar-refractivity contribution in [3.8, 4) is 11.3 Å². The lowest BCUT2D eigenvalue weighted by Crippen LogP contribution is -1.90. The molecule has 1 unspecified atom stereocenters. The van der Waals surface area contributed by atoms with E-state index in [1.807, 2.05) is 50.2 Å². The van der Waals surface area contributed by atoms with E-state index in [9.17, 15) is 4.79 Å². The first-order valence-electron chi connectivity index (χ1n) is 5.33. The van der Waals surface area contributed by atoms with E-state index >= 15 is 0 Å². The number of aldehydes is 1. The van der Waals surface area contributed by atoms with E-state index in [0.29, 0.717) is 5.76 Å². The Balaban J connectivity index is 2.31. The number of rotatable bonds is 3. The summed E-state index contributed by atoms with van der Waals surface area (Å²) in [6.07, 6.45) is 0.887. The maximum atomic E-state index is 10.6. The first kappa shape index (κ1) is 10.7. The van der Waals surface area contributed by atoms with Gasteiger partial charge in [0.1, 0.15) is 17.8 Å². The summed E-state index contributed by atoms with van der Waals surface area (Å²) in [5, 5.41) is 0. The standard InChI is InChI=1S/C14H14O2/c1-10-3-5-12(6-4-10)14-8-7-13(16-14)11(2)9-15/h3-9,11H,1-2H3. The summed E-state index contributed by atoms with van der Waals surface area (Å²) in [5.74, 6) is 1.34. The van der Waals surface area contributed by atoms with Crippen LogP contribution >= 0.6 is 0 Å². The van der Waals surface area contributed by atoms with Crippen molar-refractivity contribution < 1.29 is 9.21 Å². The molecule has 0 bridgehead atoms. The van der Waals surface area contributed by atoms with Gasteiger partial charge in [0.05, 0.1) is 5.92 Å². The Labute approximate surface area is 94.9 Å². The summed E-state index contributed by atoms with van der Waals surface area (Å²) in [5.41, 5.74) is 2.26. The number of hydrogen-bond donors (Lipinski definition) is 0. The SMILES string of the molecule is Cc1ccc(-c2ccc(C(C)C=O)o2)cc1. The van der Waals surface area contributed by atoms with Crippen LogP contribution in [0.25, 0.3) is 11.3 Å². The van der Waals surface area contributed by atoms with Crippen molar-refractivity contribution in [1.29, 1.82) is 0 Å². The highest BCUT2D eigenvalue weighted by Crippen LogP contribution is 2.25. The molecular weight excluding hydrogens is 200 g/mol. The van der Waals surface area contributed by atoms with Gasteiger partial charge in [-0.2, -0.15) is 0 Å². The van der Waals surface area contributed by atoms with Gasteiger partial charge < -0.3 is 9.21 Å². The van der Waals surface area contributed by atoms with Crippen LogP contribution in [-0.2, 0) is 4.79 Å². The average Bonchev–Trinajstić information content (AvgIpc) is 2.78. The van der Waals surface area contributed by atoms with E-state index in [1.54, 1.807) is 0 Å². The van der Waals surface area contributed by atoms with Gasteiger partial charge in [-0.25, -0.2) is 0 Å². The first-order chi connectivity index (χ1) is 7.70. The molecule has 1 aromatic carbocycles. The average molecular weight is 214 g/mol. The lowest BCUT2D eigenvalue weighted by atomic mass is 10.1. The molecule has 0 aliphatic carbocycles. The number of aryl methyl sites for hydroxylation is 1. The van der Waals surface area contributed by atoms with Crippen LogP contribution in [0.1, 0.15) is 24.2 Å². The molecule has 2 aromatic rings. The highest BCUT2D eigenvalue weighted by molar-refractivity contribution is 5.62. The van der Waals surface area contributed by atoms with Gasteiger partial charge in [0.15, 0.2) is 0 Å². The Hall–Kier alpha value is -1.83. The van der Waals surface area contributed by atoms with Gasteiger partial charge in [0.2, 0.25) is 0 Å². The third-order valence-corrected chi connectivity index (χ3v) is 2.62. The summed E-state index contributed by atoms with van der Waals surface area (Å²) in [6, 6.07) is 11.9. The lowest BCUT2D eigenvalue weighted by Gasteiger charge is -1.99. The molecule has 0 spiro atoms. The molecule has 0 saturated carbocycles. The Morgan fingerprint density at radius 2 is 1.81 bits per heavy atom. The largest absolute Gasteiger partial charge is 0.460 e. The summed E-state index contributed by atoms with van der Waals surface area (Å²) in [4.78, 5) is 10.6. The molecule has 0 aliphatic heterocycles. The molecule has 0 N–H and O–H groups in total. The fourth-order valence-electron chi connectivity index (χ4n) is 1.54. The number of furan rings is 1.